The fourth-order valence-electron chi connectivity index (χ4n) is 2.08. The molecular formula is C9H14O3. The molecule has 0 aromatic carbocycles. The third-order valence-corrected chi connectivity index (χ3v) is 2.92. The Balaban J connectivity index is 2.23. The van der Waals surface area contributed by atoms with Gasteiger partial charge in [-0.2, -0.15) is 0 Å². The first kappa shape index (κ1) is 8.23. The summed E-state index contributed by atoms with van der Waals surface area (Å²) in [6.07, 6.45) is 6.22. The minimum absolute atomic E-state index is 0.0883. The largest absolute Gasteiger partial charge is 0.393 e. The van der Waals surface area contributed by atoms with Crippen LogP contribution in [0.1, 0.15) is 12.8 Å². The molecule has 3 aliphatic rings. The molecule has 3 nitrogen and oxygen atoms in total. The second-order valence-electron chi connectivity index (χ2n) is 3.61. The van der Waals surface area contributed by atoms with Crippen LogP contribution in [0.5, 0.6) is 0 Å². The van der Waals surface area contributed by atoms with Crippen molar-refractivity contribution in [1.29, 1.82) is 0 Å². The summed E-state index contributed by atoms with van der Waals surface area (Å²) in [7, 11) is 0. The molecule has 1 aliphatic carbocycles. The molecule has 1 fully saturated rings. The molecule has 2 bridgehead atoms. The van der Waals surface area contributed by atoms with Crippen molar-refractivity contribution < 1.29 is 14.9 Å². The lowest BCUT2D eigenvalue weighted by Gasteiger charge is -2.46. The lowest BCUT2D eigenvalue weighted by Crippen LogP contribution is -2.54. The molecule has 1 saturated heterocycles. The molecule has 0 amide bonds. The second-order valence-corrected chi connectivity index (χ2v) is 3.61. The third-order valence-electron chi connectivity index (χ3n) is 2.92. The summed E-state index contributed by atoms with van der Waals surface area (Å²) in [6.45, 7) is -0.177. The van der Waals surface area contributed by atoms with Crippen LogP contribution in [0.3, 0.4) is 0 Å². The predicted molar refractivity (Wildman–Crippen MR) is 43.6 cm³/mol. The van der Waals surface area contributed by atoms with Gasteiger partial charge in [0.05, 0.1) is 19.3 Å². The maximum Gasteiger partial charge on any atom is 0.121 e. The van der Waals surface area contributed by atoms with Crippen molar-refractivity contribution in [1.82, 2.24) is 0 Å². The smallest absolute Gasteiger partial charge is 0.121 e. The second kappa shape index (κ2) is 2.83. The van der Waals surface area contributed by atoms with E-state index in [1.165, 1.54) is 0 Å². The van der Waals surface area contributed by atoms with E-state index in [1.807, 2.05) is 6.08 Å². The van der Waals surface area contributed by atoms with Gasteiger partial charge in [0.1, 0.15) is 5.60 Å². The lowest BCUT2D eigenvalue weighted by atomic mass is 9.77. The average Bonchev–Trinajstić information content (AvgIpc) is 2.19. The molecule has 68 valence electrons. The van der Waals surface area contributed by atoms with E-state index in [0.29, 0.717) is 0 Å². The van der Waals surface area contributed by atoms with Crippen LogP contribution in [-0.2, 0) is 4.74 Å². The van der Waals surface area contributed by atoms with Crippen LogP contribution in [0, 0.1) is 5.92 Å². The van der Waals surface area contributed by atoms with E-state index in [-0.39, 0.29) is 25.2 Å². The number of fused-ring (bicyclic) bond motifs is 2. The van der Waals surface area contributed by atoms with Gasteiger partial charge in [0.15, 0.2) is 0 Å². The minimum atomic E-state index is -0.697. The highest BCUT2D eigenvalue weighted by molar-refractivity contribution is 5.12. The highest BCUT2D eigenvalue weighted by Crippen LogP contribution is 2.39. The molecule has 2 unspecified atom stereocenters. The predicted octanol–water partition coefficient (Wildman–Crippen LogP) is 0.0748. The van der Waals surface area contributed by atoms with Crippen molar-refractivity contribution in [3.05, 3.63) is 12.2 Å². The van der Waals surface area contributed by atoms with Crippen molar-refractivity contribution in [3.8, 4) is 0 Å². The maximum atomic E-state index is 9.14. The standard InChI is InChI=1S/C9H14O3/c10-5-9(6-11)7-1-3-8(12-9)4-2-7/h1,3,7-8,10-11H,2,4-6H2. The molecule has 3 heteroatoms. The first-order chi connectivity index (χ1) is 5.80. The van der Waals surface area contributed by atoms with E-state index in [4.69, 9.17) is 14.9 Å². The van der Waals surface area contributed by atoms with Crippen molar-refractivity contribution in [2.45, 2.75) is 24.5 Å². The zero-order chi connectivity index (χ0) is 8.60. The van der Waals surface area contributed by atoms with Crippen LogP contribution in [-0.4, -0.2) is 35.1 Å². The Morgan fingerprint density at radius 1 is 1.25 bits per heavy atom. The van der Waals surface area contributed by atoms with Crippen molar-refractivity contribution >= 4 is 0 Å². The Labute approximate surface area is 71.7 Å². The quantitative estimate of drug-likeness (QED) is 0.577. The van der Waals surface area contributed by atoms with Crippen LogP contribution in [0.4, 0.5) is 0 Å². The van der Waals surface area contributed by atoms with Gasteiger partial charge in [-0.15, -0.1) is 0 Å². The van der Waals surface area contributed by atoms with Gasteiger partial charge in [0.25, 0.3) is 0 Å². The fourth-order valence-corrected chi connectivity index (χ4v) is 2.08. The molecule has 3 rings (SSSR count). The average molecular weight is 170 g/mol. The van der Waals surface area contributed by atoms with Gasteiger partial charge in [0, 0.05) is 5.92 Å². The summed E-state index contributed by atoms with van der Waals surface area (Å²) in [5, 5.41) is 18.3. The minimum Gasteiger partial charge on any atom is -0.393 e. The molecule has 2 N–H and O–H groups in total. The van der Waals surface area contributed by atoms with E-state index < -0.39 is 5.60 Å². The van der Waals surface area contributed by atoms with E-state index in [1.54, 1.807) is 0 Å². The molecule has 0 aromatic rings. The molecule has 2 aliphatic heterocycles. The van der Waals surface area contributed by atoms with Crippen molar-refractivity contribution in [2.75, 3.05) is 13.2 Å². The molecule has 12 heavy (non-hydrogen) atoms. The first-order valence-electron chi connectivity index (χ1n) is 4.38. The number of hydrogen-bond acceptors (Lipinski definition) is 3. The number of aliphatic hydroxyl groups excluding tert-OH is 2. The van der Waals surface area contributed by atoms with Crippen LogP contribution < -0.4 is 0 Å². The summed E-state index contributed by atoms with van der Waals surface area (Å²) in [5.74, 6) is 0.192. The van der Waals surface area contributed by atoms with Crippen LogP contribution in [0.25, 0.3) is 0 Å². The molecule has 2 atom stereocenters. The number of aliphatic hydroxyl groups is 2. The van der Waals surface area contributed by atoms with Gasteiger partial charge < -0.3 is 14.9 Å². The molecule has 0 spiro atoms. The summed E-state index contributed by atoms with van der Waals surface area (Å²) in [6, 6.07) is 0. The van der Waals surface area contributed by atoms with Gasteiger partial charge >= 0.3 is 0 Å². The van der Waals surface area contributed by atoms with Gasteiger partial charge in [-0.3, -0.25) is 0 Å². The molecule has 2 heterocycles. The van der Waals surface area contributed by atoms with E-state index in [2.05, 4.69) is 6.08 Å². The Morgan fingerprint density at radius 2 is 2.00 bits per heavy atom. The van der Waals surface area contributed by atoms with Gasteiger partial charge in [0.2, 0.25) is 0 Å². The van der Waals surface area contributed by atoms with Gasteiger partial charge in [-0.05, 0) is 12.8 Å². The molecule has 0 radical (unpaired) electrons. The van der Waals surface area contributed by atoms with Crippen LogP contribution in [0.15, 0.2) is 12.2 Å². The Bertz CT molecular complexity index is 196. The molecule has 0 saturated carbocycles. The zero-order valence-electron chi connectivity index (χ0n) is 6.94. The SMILES string of the molecule is OCC1(CO)OC2C=CC1CC2. The zero-order valence-corrected chi connectivity index (χ0v) is 6.94. The molecule has 0 aromatic heterocycles. The fraction of sp³-hybridized carbons (Fsp3) is 0.778. The lowest BCUT2D eigenvalue weighted by molar-refractivity contribution is -0.185. The van der Waals surface area contributed by atoms with Crippen molar-refractivity contribution in [3.63, 3.8) is 0 Å². The molecular weight excluding hydrogens is 156 g/mol. The van der Waals surface area contributed by atoms with Crippen molar-refractivity contribution in [2.24, 2.45) is 5.92 Å². The van der Waals surface area contributed by atoms with Gasteiger partial charge in [-0.1, -0.05) is 12.2 Å². The maximum absolute atomic E-state index is 9.14. The monoisotopic (exact) mass is 170 g/mol. The normalized spacial score (nSPS) is 37.2. The van der Waals surface area contributed by atoms with Gasteiger partial charge in [-0.25, -0.2) is 0 Å². The topological polar surface area (TPSA) is 49.7 Å². The summed E-state index contributed by atoms with van der Waals surface area (Å²) < 4.78 is 5.58. The summed E-state index contributed by atoms with van der Waals surface area (Å²) in [5.41, 5.74) is -0.697. The Kier molecular flexibility index (Phi) is 1.94. The van der Waals surface area contributed by atoms with Crippen LogP contribution in [0.2, 0.25) is 0 Å². The van der Waals surface area contributed by atoms with Crippen LogP contribution >= 0.6 is 0 Å². The summed E-state index contributed by atoms with van der Waals surface area (Å²) >= 11 is 0. The number of rotatable bonds is 2. The third kappa shape index (κ3) is 1.01. The van der Waals surface area contributed by atoms with E-state index in [0.717, 1.165) is 12.8 Å². The highest BCUT2D eigenvalue weighted by atomic mass is 16.5. The van der Waals surface area contributed by atoms with E-state index in [9.17, 15) is 0 Å². The Hall–Kier alpha value is -0.380. The Morgan fingerprint density at radius 3 is 2.25 bits per heavy atom. The number of ether oxygens (including phenoxy) is 1. The first-order valence-corrected chi connectivity index (χ1v) is 4.38. The highest BCUT2D eigenvalue weighted by Gasteiger charge is 2.45. The van der Waals surface area contributed by atoms with E-state index >= 15 is 0 Å². The summed E-state index contributed by atoms with van der Waals surface area (Å²) in [4.78, 5) is 0. The number of hydrogen-bond donors (Lipinski definition) is 2.